The van der Waals surface area contributed by atoms with Crippen molar-refractivity contribution in [2.45, 2.75) is 11.8 Å². The van der Waals surface area contributed by atoms with Gasteiger partial charge in [-0.2, -0.15) is 0 Å². The van der Waals surface area contributed by atoms with Gasteiger partial charge in [0.05, 0.1) is 10.6 Å². The average Bonchev–Trinajstić information content (AvgIpc) is 2.34. The number of nitrogen functional groups attached to an aromatic ring is 1. The third-order valence-corrected chi connectivity index (χ3v) is 4.05. The van der Waals surface area contributed by atoms with Gasteiger partial charge in [0.2, 0.25) is 0 Å². The molecule has 0 heterocycles. The van der Waals surface area contributed by atoms with Crippen molar-refractivity contribution < 1.29 is 13.5 Å². The van der Waals surface area contributed by atoms with Gasteiger partial charge in [-0.05, 0) is 42.8 Å². The summed E-state index contributed by atoms with van der Waals surface area (Å²) in [6.45, 7) is 1.73. The second kappa shape index (κ2) is 4.81. The van der Waals surface area contributed by atoms with Gasteiger partial charge in [0, 0.05) is 11.8 Å². The fourth-order valence-electron chi connectivity index (χ4n) is 1.53. The third kappa shape index (κ3) is 2.97. The van der Waals surface area contributed by atoms with Crippen LogP contribution in [0.1, 0.15) is 5.56 Å². The lowest BCUT2D eigenvalue weighted by molar-refractivity contribution is 0.471. The van der Waals surface area contributed by atoms with E-state index >= 15 is 0 Å². The molecule has 100 valence electrons. The monoisotopic (exact) mass is 278 g/mol. The zero-order chi connectivity index (χ0) is 14.0. The molecule has 0 radical (unpaired) electrons. The average molecular weight is 278 g/mol. The minimum absolute atomic E-state index is 0.0394. The molecule has 0 bridgehead atoms. The van der Waals surface area contributed by atoms with Gasteiger partial charge in [0.1, 0.15) is 5.75 Å². The summed E-state index contributed by atoms with van der Waals surface area (Å²) in [4.78, 5) is 0.113. The number of hydrogen-bond acceptors (Lipinski definition) is 4. The second-order valence-corrected chi connectivity index (χ2v) is 5.86. The molecular formula is C13H14N2O3S. The Morgan fingerprint density at radius 1 is 1.11 bits per heavy atom. The van der Waals surface area contributed by atoms with E-state index in [1.165, 1.54) is 30.3 Å². The van der Waals surface area contributed by atoms with Crippen LogP contribution in [-0.4, -0.2) is 13.5 Å². The maximum atomic E-state index is 12.1. The Morgan fingerprint density at radius 3 is 2.32 bits per heavy atom. The molecule has 0 aliphatic carbocycles. The molecule has 0 saturated carbocycles. The van der Waals surface area contributed by atoms with E-state index in [1.54, 1.807) is 19.1 Å². The smallest absolute Gasteiger partial charge is 0.261 e. The predicted octanol–water partition coefficient (Wildman–Crippen LogP) is 2.08. The summed E-state index contributed by atoms with van der Waals surface area (Å²) < 4.78 is 26.5. The van der Waals surface area contributed by atoms with Crippen LogP contribution >= 0.6 is 0 Å². The van der Waals surface area contributed by atoms with Crippen LogP contribution in [0.2, 0.25) is 0 Å². The highest BCUT2D eigenvalue weighted by Gasteiger charge is 2.14. The van der Waals surface area contributed by atoms with Crippen molar-refractivity contribution in [1.29, 1.82) is 0 Å². The molecule has 2 rings (SSSR count). The normalized spacial score (nSPS) is 11.2. The van der Waals surface area contributed by atoms with E-state index in [-0.39, 0.29) is 10.6 Å². The van der Waals surface area contributed by atoms with E-state index in [4.69, 9.17) is 5.73 Å². The van der Waals surface area contributed by atoms with Gasteiger partial charge in [0.25, 0.3) is 10.0 Å². The van der Waals surface area contributed by atoms with Crippen molar-refractivity contribution in [2.75, 3.05) is 10.5 Å². The standard InChI is InChI=1S/C13H14N2O3S/c1-9-2-5-11(8-13(9)16)15-19(17,18)12-6-3-10(14)4-7-12/h2-8,15-16H,14H2,1H3. The molecule has 0 atom stereocenters. The fraction of sp³-hybridized carbons (Fsp3) is 0.0769. The maximum Gasteiger partial charge on any atom is 0.261 e. The van der Waals surface area contributed by atoms with E-state index < -0.39 is 10.0 Å². The van der Waals surface area contributed by atoms with E-state index in [1.807, 2.05) is 0 Å². The molecule has 0 amide bonds. The quantitative estimate of drug-likeness (QED) is 0.749. The Kier molecular flexibility index (Phi) is 3.35. The summed E-state index contributed by atoms with van der Waals surface area (Å²) >= 11 is 0. The highest BCUT2D eigenvalue weighted by Crippen LogP contribution is 2.23. The second-order valence-electron chi connectivity index (χ2n) is 4.18. The van der Waals surface area contributed by atoms with Crippen molar-refractivity contribution in [3.05, 3.63) is 48.0 Å². The van der Waals surface area contributed by atoms with Gasteiger partial charge in [-0.25, -0.2) is 8.42 Å². The fourth-order valence-corrected chi connectivity index (χ4v) is 2.58. The molecule has 0 aliphatic rings. The summed E-state index contributed by atoms with van der Waals surface area (Å²) in [5.41, 5.74) is 6.99. The molecule has 5 nitrogen and oxygen atoms in total. The highest BCUT2D eigenvalue weighted by atomic mass is 32.2. The lowest BCUT2D eigenvalue weighted by Gasteiger charge is -2.09. The molecule has 0 unspecified atom stereocenters. The molecule has 0 fully saturated rings. The lowest BCUT2D eigenvalue weighted by Crippen LogP contribution is -2.12. The number of rotatable bonds is 3. The number of aryl methyl sites for hydroxylation is 1. The minimum Gasteiger partial charge on any atom is -0.508 e. The molecule has 2 aromatic carbocycles. The SMILES string of the molecule is Cc1ccc(NS(=O)(=O)c2ccc(N)cc2)cc1O. The first-order valence-electron chi connectivity index (χ1n) is 5.56. The summed E-state index contributed by atoms with van der Waals surface area (Å²) in [5.74, 6) is 0.0394. The Bertz CT molecular complexity index is 694. The van der Waals surface area contributed by atoms with Crippen LogP contribution in [0, 0.1) is 6.92 Å². The molecule has 4 N–H and O–H groups in total. The molecule has 19 heavy (non-hydrogen) atoms. The topological polar surface area (TPSA) is 92.4 Å². The van der Waals surface area contributed by atoms with Gasteiger partial charge in [-0.15, -0.1) is 0 Å². The highest BCUT2D eigenvalue weighted by molar-refractivity contribution is 7.92. The van der Waals surface area contributed by atoms with Crippen LogP contribution in [0.4, 0.5) is 11.4 Å². The van der Waals surface area contributed by atoms with Gasteiger partial charge < -0.3 is 10.8 Å². The van der Waals surface area contributed by atoms with E-state index in [0.29, 0.717) is 16.9 Å². The van der Waals surface area contributed by atoms with Crippen LogP contribution in [0.3, 0.4) is 0 Å². The number of benzene rings is 2. The van der Waals surface area contributed by atoms with Gasteiger partial charge in [0.15, 0.2) is 0 Å². The van der Waals surface area contributed by atoms with Crippen LogP contribution in [0.5, 0.6) is 5.75 Å². The van der Waals surface area contributed by atoms with Crippen molar-refractivity contribution in [2.24, 2.45) is 0 Å². The number of sulfonamides is 1. The molecule has 6 heteroatoms. The molecule has 0 saturated heterocycles. The number of hydrogen-bond donors (Lipinski definition) is 3. The predicted molar refractivity (Wildman–Crippen MR) is 74.5 cm³/mol. The van der Waals surface area contributed by atoms with Crippen molar-refractivity contribution in [3.63, 3.8) is 0 Å². The van der Waals surface area contributed by atoms with E-state index in [0.717, 1.165) is 0 Å². The van der Waals surface area contributed by atoms with Crippen LogP contribution < -0.4 is 10.5 Å². The number of nitrogens with two attached hydrogens (primary N) is 1. The van der Waals surface area contributed by atoms with Crippen LogP contribution in [-0.2, 0) is 10.0 Å². The number of anilines is 2. The maximum absolute atomic E-state index is 12.1. The third-order valence-electron chi connectivity index (χ3n) is 2.65. The number of aromatic hydroxyl groups is 1. The summed E-state index contributed by atoms with van der Waals surface area (Å²) in [6.07, 6.45) is 0. The van der Waals surface area contributed by atoms with Crippen LogP contribution in [0.25, 0.3) is 0 Å². The van der Waals surface area contributed by atoms with Crippen molar-refractivity contribution >= 4 is 21.4 Å². The van der Waals surface area contributed by atoms with Gasteiger partial charge in [-0.3, -0.25) is 4.72 Å². The summed E-state index contributed by atoms with van der Waals surface area (Å²) in [6, 6.07) is 10.5. The van der Waals surface area contributed by atoms with Gasteiger partial charge >= 0.3 is 0 Å². The minimum atomic E-state index is -3.68. The largest absolute Gasteiger partial charge is 0.508 e. The van der Waals surface area contributed by atoms with Crippen molar-refractivity contribution in [3.8, 4) is 5.75 Å². The van der Waals surface area contributed by atoms with Gasteiger partial charge in [-0.1, -0.05) is 6.07 Å². The summed E-state index contributed by atoms with van der Waals surface area (Å²) in [5, 5.41) is 9.55. The Labute approximate surface area is 111 Å². The lowest BCUT2D eigenvalue weighted by atomic mass is 10.2. The molecular weight excluding hydrogens is 264 g/mol. The Balaban J connectivity index is 2.30. The molecule has 0 aliphatic heterocycles. The van der Waals surface area contributed by atoms with E-state index in [2.05, 4.69) is 4.72 Å². The summed E-state index contributed by atoms with van der Waals surface area (Å²) in [7, 11) is -3.68. The number of phenols is 1. The Morgan fingerprint density at radius 2 is 1.74 bits per heavy atom. The number of nitrogens with one attached hydrogen (secondary N) is 1. The van der Waals surface area contributed by atoms with Crippen molar-refractivity contribution in [1.82, 2.24) is 0 Å². The molecule has 0 spiro atoms. The van der Waals surface area contributed by atoms with Crippen LogP contribution in [0.15, 0.2) is 47.4 Å². The first kappa shape index (κ1) is 13.2. The van der Waals surface area contributed by atoms with E-state index in [9.17, 15) is 13.5 Å². The first-order chi connectivity index (χ1) is 8.88. The number of phenolic OH excluding ortho intramolecular Hbond substituents is 1. The molecule has 2 aromatic rings. The molecule has 0 aromatic heterocycles. The zero-order valence-electron chi connectivity index (χ0n) is 10.3. The Hall–Kier alpha value is -2.21. The zero-order valence-corrected chi connectivity index (χ0v) is 11.1. The first-order valence-corrected chi connectivity index (χ1v) is 7.05.